The molecule has 0 aliphatic rings. The van der Waals surface area contributed by atoms with Crippen LogP contribution in [0.25, 0.3) is 22.6 Å². The van der Waals surface area contributed by atoms with Gasteiger partial charge in [0.25, 0.3) is 0 Å². The minimum atomic E-state index is 0.0641. The van der Waals surface area contributed by atoms with Crippen LogP contribution in [0.1, 0.15) is 11.1 Å². The number of aromatic hydroxyl groups is 1. The van der Waals surface area contributed by atoms with Gasteiger partial charge in [0.15, 0.2) is 17.1 Å². The molecule has 1 N–H and O–H groups in total. The highest BCUT2D eigenvalue weighted by atomic mass is 16.5. The fraction of sp³-hybridized carbons (Fsp3) is 0.0909. The van der Waals surface area contributed by atoms with Crippen molar-refractivity contribution in [2.75, 3.05) is 7.11 Å². The highest BCUT2D eigenvalue weighted by Gasteiger charge is 2.09. The van der Waals surface area contributed by atoms with Crippen LogP contribution in [-0.2, 0) is 0 Å². The van der Waals surface area contributed by atoms with E-state index in [0.717, 1.165) is 27.9 Å². The Bertz CT molecular complexity index is 1150. The summed E-state index contributed by atoms with van der Waals surface area (Å²) in [5, 5.41) is 10.2. The van der Waals surface area contributed by atoms with Crippen molar-refractivity contribution in [3.63, 3.8) is 0 Å². The zero-order valence-corrected chi connectivity index (χ0v) is 15.0. The van der Waals surface area contributed by atoms with E-state index in [1.807, 2.05) is 49.4 Å². The summed E-state index contributed by atoms with van der Waals surface area (Å²) in [4.78, 5) is 9.02. The van der Waals surface area contributed by atoms with Gasteiger partial charge in [-0.1, -0.05) is 18.2 Å². The molecule has 0 aliphatic carbocycles. The fourth-order valence-corrected chi connectivity index (χ4v) is 2.83. The number of para-hydroxylation sites is 1. The van der Waals surface area contributed by atoms with Crippen LogP contribution in [-0.4, -0.2) is 23.4 Å². The second kappa shape index (κ2) is 6.96. The van der Waals surface area contributed by atoms with Gasteiger partial charge in [0.05, 0.1) is 12.8 Å². The second-order valence-corrected chi connectivity index (χ2v) is 6.20. The van der Waals surface area contributed by atoms with Crippen LogP contribution >= 0.6 is 0 Å². The van der Waals surface area contributed by atoms with E-state index in [0.29, 0.717) is 17.2 Å². The zero-order valence-electron chi connectivity index (χ0n) is 15.0. The van der Waals surface area contributed by atoms with Crippen molar-refractivity contribution < 1.29 is 14.3 Å². The normalized spacial score (nSPS) is 11.3. The van der Waals surface area contributed by atoms with E-state index in [-0.39, 0.29) is 5.75 Å². The summed E-state index contributed by atoms with van der Waals surface area (Å²) in [6, 6.07) is 18.8. The first-order valence-electron chi connectivity index (χ1n) is 8.52. The lowest BCUT2D eigenvalue weighted by Crippen LogP contribution is -1.88. The molecule has 3 aromatic carbocycles. The number of nitrogens with zero attached hydrogens (tertiary/aromatic N) is 2. The van der Waals surface area contributed by atoms with Gasteiger partial charge in [-0.3, -0.25) is 4.99 Å². The predicted octanol–water partition coefficient (Wildman–Crippen LogP) is 5.27. The lowest BCUT2D eigenvalue weighted by Gasteiger charge is -2.05. The Morgan fingerprint density at radius 3 is 2.78 bits per heavy atom. The number of aromatic nitrogens is 1. The van der Waals surface area contributed by atoms with Crippen LogP contribution in [0.5, 0.6) is 11.5 Å². The van der Waals surface area contributed by atoms with Crippen LogP contribution in [0.3, 0.4) is 0 Å². The molecular formula is C22H18N2O3. The first-order valence-corrected chi connectivity index (χ1v) is 8.52. The van der Waals surface area contributed by atoms with Gasteiger partial charge in [-0.25, -0.2) is 4.98 Å². The summed E-state index contributed by atoms with van der Waals surface area (Å²) in [7, 11) is 1.52. The van der Waals surface area contributed by atoms with Crippen molar-refractivity contribution in [3.05, 3.63) is 71.8 Å². The molecule has 1 aromatic heterocycles. The summed E-state index contributed by atoms with van der Waals surface area (Å²) < 4.78 is 11.0. The molecule has 0 spiro atoms. The molecule has 0 aliphatic heterocycles. The van der Waals surface area contributed by atoms with Crippen LogP contribution in [0.15, 0.2) is 70.1 Å². The average Bonchev–Trinajstić information content (AvgIpc) is 3.10. The summed E-state index contributed by atoms with van der Waals surface area (Å²) in [6.07, 6.45) is 1.60. The van der Waals surface area contributed by atoms with Crippen molar-refractivity contribution in [1.82, 2.24) is 4.98 Å². The van der Waals surface area contributed by atoms with Crippen molar-refractivity contribution in [3.8, 4) is 23.0 Å². The molecule has 27 heavy (non-hydrogen) atoms. The zero-order chi connectivity index (χ0) is 18.8. The lowest BCUT2D eigenvalue weighted by atomic mass is 10.2. The van der Waals surface area contributed by atoms with Crippen molar-refractivity contribution >= 4 is 23.0 Å². The highest BCUT2D eigenvalue weighted by Crippen LogP contribution is 2.30. The number of hydrogen-bond donors (Lipinski definition) is 1. The number of methoxy groups -OCH3 is 1. The number of rotatable bonds is 4. The Kier molecular flexibility index (Phi) is 4.34. The topological polar surface area (TPSA) is 67.9 Å². The fourth-order valence-electron chi connectivity index (χ4n) is 2.83. The first-order chi connectivity index (χ1) is 13.1. The van der Waals surface area contributed by atoms with Gasteiger partial charge in [-0.2, -0.15) is 0 Å². The SMILES string of the molecule is COc1cccc(C=Nc2cccc(-c3nc4cc(C)ccc4o3)c2)c1O. The van der Waals surface area contributed by atoms with Crippen LogP contribution in [0.4, 0.5) is 5.69 Å². The molecule has 0 saturated heterocycles. The molecule has 4 aromatic rings. The van der Waals surface area contributed by atoms with E-state index in [1.165, 1.54) is 7.11 Å². The second-order valence-electron chi connectivity index (χ2n) is 6.20. The van der Waals surface area contributed by atoms with Gasteiger partial charge in [0.1, 0.15) is 5.52 Å². The maximum atomic E-state index is 10.2. The monoisotopic (exact) mass is 358 g/mol. The smallest absolute Gasteiger partial charge is 0.227 e. The molecule has 0 amide bonds. The molecule has 4 rings (SSSR count). The maximum absolute atomic E-state index is 10.2. The van der Waals surface area contributed by atoms with E-state index in [2.05, 4.69) is 9.98 Å². The molecule has 0 bridgehead atoms. The van der Waals surface area contributed by atoms with Gasteiger partial charge in [-0.05, 0) is 55.0 Å². The van der Waals surface area contributed by atoms with Crippen LogP contribution < -0.4 is 4.74 Å². The Morgan fingerprint density at radius 2 is 1.93 bits per heavy atom. The van der Waals surface area contributed by atoms with E-state index in [4.69, 9.17) is 9.15 Å². The Labute approximate surface area is 156 Å². The number of ether oxygens (including phenoxy) is 1. The van der Waals surface area contributed by atoms with E-state index >= 15 is 0 Å². The van der Waals surface area contributed by atoms with Gasteiger partial charge >= 0.3 is 0 Å². The number of phenolic OH excluding ortho intramolecular Hbond substituents is 1. The molecule has 0 atom stereocenters. The minimum Gasteiger partial charge on any atom is -0.504 e. The molecule has 5 heteroatoms. The van der Waals surface area contributed by atoms with E-state index in [9.17, 15) is 5.11 Å². The standard InChI is InChI=1S/C22H18N2O3/c1-14-9-10-19-18(11-14)24-22(27-19)15-5-3-7-17(12-15)23-13-16-6-4-8-20(26-2)21(16)25/h3-13,25H,1-2H3. The maximum Gasteiger partial charge on any atom is 0.227 e. The number of benzene rings is 3. The predicted molar refractivity (Wildman–Crippen MR) is 106 cm³/mol. The van der Waals surface area contributed by atoms with Crippen molar-refractivity contribution in [1.29, 1.82) is 0 Å². The van der Waals surface area contributed by atoms with Crippen LogP contribution in [0, 0.1) is 6.92 Å². The summed E-state index contributed by atoms with van der Waals surface area (Å²) in [5.41, 5.74) is 4.88. The number of fused-ring (bicyclic) bond motifs is 1. The van der Waals surface area contributed by atoms with Crippen molar-refractivity contribution in [2.45, 2.75) is 6.92 Å². The third kappa shape index (κ3) is 3.40. The Morgan fingerprint density at radius 1 is 1.07 bits per heavy atom. The molecule has 0 fully saturated rings. The van der Waals surface area contributed by atoms with Crippen molar-refractivity contribution in [2.24, 2.45) is 4.99 Å². The van der Waals surface area contributed by atoms with E-state index < -0.39 is 0 Å². The third-order valence-electron chi connectivity index (χ3n) is 4.24. The molecule has 0 unspecified atom stereocenters. The first kappa shape index (κ1) is 16.8. The molecule has 1 heterocycles. The Hall–Kier alpha value is -3.60. The van der Waals surface area contributed by atoms with Gasteiger partial charge in [-0.15, -0.1) is 0 Å². The summed E-state index contributed by atoms with van der Waals surface area (Å²) >= 11 is 0. The third-order valence-corrected chi connectivity index (χ3v) is 4.24. The Balaban J connectivity index is 1.66. The van der Waals surface area contributed by atoms with Gasteiger partial charge < -0.3 is 14.3 Å². The number of aliphatic imine (C=N–C) groups is 1. The molecule has 134 valence electrons. The summed E-state index contributed by atoms with van der Waals surface area (Å²) in [6.45, 7) is 2.02. The number of aryl methyl sites for hydroxylation is 1. The van der Waals surface area contributed by atoms with Gasteiger partial charge in [0.2, 0.25) is 5.89 Å². The number of hydrogen-bond acceptors (Lipinski definition) is 5. The van der Waals surface area contributed by atoms with Crippen LogP contribution in [0.2, 0.25) is 0 Å². The number of phenols is 1. The number of oxazole rings is 1. The quantitative estimate of drug-likeness (QED) is 0.505. The van der Waals surface area contributed by atoms with Gasteiger partial charge in [0, 0.05) is 17.3 Å². The largest absolute Gasteiger partial charge is 0.504 e. The lowest BCUT2D eigenvalue weighted by molar-refractivity contribution is 0.373. The molecular weight excluding hydrogens is 340 g/mol. The molecule has 0 saturated carbocycles. The minimum absolute atomic E-state index is 0.0641. The highest BCUT2D eigenvalue weighted by molar-refractivity contribution is 5.87. The van der Waals surface area contributed by atoms with E-state index in [1.54, 1.807) is 24.4 Å². The average molecular weight is 358 g/mol. The summed E-state index contributed by atoms with van der Waals surface area (Å²) in [5.74, 6) is 1.03. The molecule has 5 nitrogen and oxygen atoms in total. The molecule has 0 radical (unpaired) electrons.